The molecule has 1 saturated heterocycles. The molecule has 1 unspecified atom stereocenters. The van der Waals surface area contributed by atoms with Crippen LogP contribution in [0.25, 0.3) is 0 Å². The number of aliphatic hydroxyl groups is 3. The van der Waals surface area contributed by atoms with Crippen molar-refractivity contribution in [3.8, 4) is 17.2 Å². The van der Waals surface area contributed by atoms with Crippen LogP contribution in [0.2, 0.25) is 0 Å². The van der Waals surface area contributed by atoms with Gasteiger partial charge in [0.15, 0.2) is 17.9 Å². The van der Waals surface area contributed by atoms with Gasteiger partial charge >= 0.3 is 12.1 Å². The standard InChI is InChI=1S/C57H75N9O21/c1-30(2)47(65-41(69)14-17-81-19-21-83-23-24-84-22-20-82-18-16-61-66-59)54(76)63-36(8-6-15-60-55(58)77)53(75)62-33-12-10-32(11-13-33)29-85-56(78)64-37-25-42(86-31(3)48(37)70)87-39-27-57(79,40(68)28-67)26-35-44(39)52(74)46-45(50(35)72)49(71)34-7-5-9-38(80-4)43(34)51(46)73/h5,7,9-13,30-31,36-37,39,42,47-48,67,70,79H,6,8,14-29H2,1-4H3,(H9,58,59,60,61,62,63,64,65,69,75,76,77,78)/p+1/t31-,36+,37-,39?,42-,47+,48+,57-/m1/s1. The number of rotatable bonds is 33. The number of phenols is 2. The van der Waals surface area contributed by atoms with Crippen molar-refractivity contribution in [1.29, 1.82) is 5.53 Å². The van der Waals surface area contributed by atoms with E-state index in [1.54, 1.807) is 26.0 Å². The monoisotopic (exact) mass is 1220 g/mol. The Morgan fingerprint density at radius 2 is 1.53 bits per heavy atom. The summed E-state index contributed by atoms with van der Waals surface area (Å²) in [6, 6.07) is 6.28. The van der Waals surface area contributed by atoms with E-state index < -0.39 is 144 Å². The van der Waals surface area contributed by atoms with Crippen LogP contribution in [0.4, 0.5) is 15.3 Å². The van der Waals surface area contributed by atoms with Gasteiger partial charge in [0, 0.05) is 54.6 Å². The lowest BCUT2D eigenvalue weighted by Crippen LogP contribution is -2.56. The summed E-state index contributed by atoms with van der Waals surface area (Å²) >= 11 is 0. The second kappa shape index (κ2) is 32.6. The van der Waals surface area contributed by atoms with Gasteiger partial charge in [-0.2, -0.15) is 0 Å². The van der Waals surface area contributed by atoms with Crippen LogP contribution in [0.5, 0.6) is 17.2 Å². The summed E-state index contributed by atoms with van der Waals surface area (Å²) in [6.45, 7) is 6.10. The van der Waals surface area contributed by atoms with Gasteiger partial charge in [-0.15, -0.1) is 0 Å². The van der Waals surface area contributed by atoms with E-state index in [0.717, 1.165) is 0 Å². The minimum Gasteiger partial charge on any atom is -0.507 e. The second-order valence-electron chi connectivity index (χ2n) is 21.0. The molecule has 13 N–H and O–H groups in total. The first-order valence-corrected chi connectivity index (χ1v) is 28.2. The zero-order valence-corrected chi connectivity index (χ0v) is 48.6. The molecule has 6 amide bonds. The first-order valence-electron chi connectivity index (χ1n) is 28.2. The van der Waals surface area contributed by atoms with Crippen LogP contribution < -0.4 is 42.0 Å². The molecule has 1 heterocycles. The number of primary amides is 1. The summed E-state index contributed by atoms with van der Waals surface area (Å²) in [7, 11) is 1.28. The number of ketones is 3. The van der Waals surface area contributed by atoms with Gasteiger partial charge < -0.3 is 95.7 Å². The molecule has 87 heavy (non-hydrogen) atoms. The Morgan fingerprint density at radius 1 is 0.874 bits per heavy atom. The predicted octanol–water partition coefficient (Wildman–Crippen LogP) is 0.988. The van der Waals surface area contributed by atoms with Crippen molar-refractivity contribution in [2.24, 2.45) is 16.8 Å². The van der Waals surface area contributed by atoms with Crippen molar-refractivity contribution >= 4 is 52.9 Å². The average molecular weight is 1220 g/mol. The third-order valence-electron chi connectivity index (χ3n) is 14.5. The number of benzene rings is 3. The maximum atomic E-state index is 14.1. The van der Waals surface area contributed by atoms with Crippen molar-refractivity contribution in [3.63, 3.8) is 0 Å². The Kier molecular flexibility index (Phi) is 25.5. The number of nitrogens with two attached hydrogens (primary N) is 1. The number of aliphatic hydroxyl groups excluding tert-OH is 2. The molecule has 1 aliphatic heterocycles. The molecule has 30 heteroatoms. The summed E-state index contributed by atoms with van der Waals surface area (Å²) in [5.41, 5.74) is 8.11. The van der Waals surface area contributed by atoms with Crippen molar-refractivity contribution in [3.05, 3.63) is 81.4 Å². The number of aromatic hydroxyl groups is 2. The lowest BCUT2D eigenvalue weighted by molar-refractivity contribution is -0.249. The quantitative estimate of drug-likeness (QED) is 0.0137. The zero-order chi connectivity index (χ0) is 63.4. The molecule has 6 rings (SSSR count). The minimum absolute atomic E-state index is 0.0197. The smallest absolute Gasteiger partial charge is 0.407 e. The van der Waals surface area contributed by atoms with Crippen LogP contribution >= 0.6 is 0 Å². The van der Waals surface area contributed by atoms with Crippen LogP contribution in [-0.4, -0.2) is 195 Å². The fourth-order valence-corrected chi connectivity index (χ4v) is 10.0. The molecule has 0 radical (unpaired) electrons. The van der Waals surface area contributed by atoms with Crippen LogP contribution in [0.1, 0.15) is 108 Å². The number of Topliss-reactive ketones (excluding diaryl/α,β-unsaturated/α-hetero) is 1. The van der Waals surface area contributed by atoms with Gasteiger partial charge in [-0.3, -0.25) is 28.8 Å². The number of nitrogens with zero attached hydrogens (tertiary/aromatic N) is 2. The van der Waals surface area contributed by atoms with Crippen LogP contribution in [0, 0.1) is 11.4 Å². The van der Waals surface area contributed by atoms with Crippen LogP contribution in [0.3, 0.4) is 0 Å². The molecule has 8 atom stereocenters. The maximum Gasteiger partial charge on any atom is 0.407 e. The van der Waals surface area contributed by atoms with Gasteiger partial charge in [-0.05, 0) is 49.4 Å². The number of fused-ring (bicyclic) bond motifs is 3. The topological polar surface area (TPSA) is 448 Å². The lowest BCUT2D eigenvalue weighted by atomic mass is 9.72. The number of alkyl carbamates (subject to hydrolysis) is 1. The number of anilines is 1. The van der Waals surface area contributed by atoms with Gasteiger partial charge in [-0.1, -0.05) is 38.1 Å². The van der Waals surface area contributed by atoms with Crippen molar-refractivity contribution in [2.45, 2.75) is 114 Å². The highest BCUT2D eigenvalue weighted by Gasteiger charge is 2.50. The number of urea groups is 1. The van der Waals surface area contributed by atoms with Gasteiger partial charge in [0.1, 0.15) is 71.4 Å². The molecule has 3 aromatic rings. The molecule has 0 saturated carbocycles. The molecule has 30 nitrogen and oxygen atoms in total. The number of methoxy groups -OCH3 is 1. The molecule has 3 aliphatic rings. The number of amides is 6. The summed E-state index contributed by atoms with van der Waals surface area (Å²) in [6.07, 6.45) is -7.72. The predicted molar refractivity (Wildman–Crippen MR) is 302 cm³/mol. The number of hydrogen-bond acceptors (Lipinski definition) is 23. The van der Waals surface area contributed by atoms with Gasteiger partial charge in [-0.25, -0.2) is 9.59 Å². The normalized spacial score (nSPS) is 20.1. The molecular formula is C57H76N9O21+. The van der Waals surface area contributed by atoms with Crippen molar-refractivity contribution in [1.82, 2.24) is 26.2 Å². The molecule has 0 bridgehead atoms. The molecular weight excluding hydrogens is 1150 g/mol. The Balaban J connectivity index is 1.01. The second-order valence-corrected chi connectivity index (χ2v) is 21.0. The SMILES string of the molecule is COc1cccc2c1C(=O)c1c(O)c3c(c(O)c1C2=O)C[C@](O)(C(=O)CO)CC3O[C@@H]1C[C@@H](NC(=O)OCc2ccc(NC(=O)[C@H](CCCNC(N)=O)NC(=O)[C@@H](NC(=O)CCOCCOCCOCCOCCN=[N+]=N)C(C)C)cc2)[C@@H](O)[C@@H](C)O1. The largest absolute Gasteiger partial charge is 0.507 e. The molecule has 0 aromatic heterocycles. The van der Waals surface area contributed by atoms with E-state index in [1.165, 1.54) is 44.4 Å². The Morgan fingerprint density at radius 3 is 2.16 bits per heavy atom. The fraction of sp³-hybridized carbons (Fsp3) is 0.544. The number of carbonyl (C=O) groups is 8. The van der Waals surface area contributed by atoms with E-state index >= 15 is 0 Å². The number of phenolic OH excluding ortho intramolecular Hbond substituents is 2. The third kappa shape index (κ3) is 18.3. The summed E-state index contributed by atoms with van der Waals surface area (Å²) in [4.78, 5) is 109. The van der Waals surface area contributed by atoms with E-state index in [9.17, 15) is 63.9 Å². The molecule has 474 valence electrons. The highest BCUT2D eigenvalue weighted by Crippen LogP contribution is 2.52. The number of carbonyl (C=O) groups excluding carboxylic acids is 8. The van der Waals surface area contributed by atoms with Crippen molar-refractivity contribution < 1.29 is 102 Å². The average Bonchev–Trinajstić information content (AvgIpc) is 0.784. The van der Waals surface area contributed by atoms with Crippen molar-refractivity contribution in [2.75, 3.05) is 85.0 Å². The fourth-order valence-electron chi connectivity index (χ4n) is 10.0. The van der Waals surface area contributed by atoms with Gasteiger partial charge in [0.25, 0.3) is 0 Å². The molecule has 2 aliphatic carbocycles. The highest BCUT2D eigenvalue weighted by molar-refractivity contribution is 6.31. The first-order chi connectivity index (χ1) is 41.6. The Hall–Kier alpha value is -8.03. The molecule has 0 spiro atoms. The van der Waals surface area contributed by atoms with E-state index in [0.29, 0.717) is 45.1 Å². The number of ether oxygens (including phenoxy) is 8. The molecule has 3 aromatic carbocycles. The molecule has 1 fully saturated rings. The van der Waals surface area contributed by atoms with Gasteiger partial charge in [0.2, 0.25) is 28.4 Å². The third-order valence-corrected chi connectivity index (χ3v) is 14.5. The first kappa shape index (κ1) is 68.1. The highest BCUT2D eigenvalue weighted by atomic mass is 16.7. The number of nitrogens with one attached hydrogen (secondary N) is 6. The summed E-state index contributed by atoms with van der Waals surface area (Å²) < 4.78 is 44.6. The van der Waals surface area contributed by atoms with E-state index in [2.05, 4.69) is 36.6 Å². The van der Waals surface area contributed by atoms with Crippen LogP contribution in [0.15, 0.2) is 47.6 Å². The van der Waals surface area contributed by atoms with E-state index in [1.807, 2.05) is 0 Å². The lowest BCUT2D eigenvalue weighted by Gasteiger charge is -2.42. The Bertz CT molecular complexity index is 3000. The van der Waals surface area contributed by atoms with Gasteiger partial charge in [0.05, 0.1) is 94.9 Å². The Labute approximate surface area is 499 Å². The van der Waals surface area contributed by atoms with E-state index in [-0.39, 0.29) is 92.3 Å². The minimum atomic E-state index is -2.42. The van der Waals surface area contributed by atoms with Crippen LogP contribution in [-0.2, 0) is 65.4 Å². The zero-order valence-electron chi connectivity index (χ0n) is 48.6. The maximum absolute atomic E-state index is 14.1. The summed E-state index contributed by atoms with van der Waals surface area (Å²) in [5, 5.41) is 73.0. The number of hydrogen-bond donors (Lipinski definition) is 12. The van der Waals surface area contributed by atoms with E-state index in [4.69, 9.17) is 49.2 Å². The summed E-state index contributed by atoms with van der Waals surface area (Å²) in [5.74, 6) is -6.51.